The molecule has 0 unspecified atom stereocenters. The summed E-state index contributed by atoms with van der Waals surface area (Å²) in [5.41, 5.74) is 3.93. The maximum Gasteiger partial charge on any atom is 0.213 e. The summed E-state index contributed by atoms with van der Waals surface area (Å²) in [6.07, 6.45) is 7.57. The van der Waals surface area contributed by atoms with Crippen LogP contribution >= 0.6 is 0 Å². The molecule has 1 saturated heterocycles. The molecule has 1 fully saturated rings. The molecule has 4 heterocycles. The molecule has 4 nitrogen and oxygen atoms in total. The summed E-state index contributed by atoms with van der Waals surface area (Å²) in [7, 11) is -3.96. The number of rotatable bonds is 7. The van der Waals surface area contributed by atoms with Gasteiger partial charge in [0.15, 0.2) is 16.6 Å². The fourth-order valence-corrected chi connectivity index (χ4v) is 11.4. The fourth-order valence-electron chi connectivity index (χ4n) is 7.34. The van der Waals surface area contributed by atoms with Gasteiger partial charge in [0.1, 0.15) is 6.10 Å². The third-order valence-corrected chi connectivity index (χ3v) is 15.6. The van der Waals surface area contributed by atoms with Crippen LogP contribution in [0.15, 0.2) is 22.8 Å². The standard InChI is InChI=1S/C29H52O4Si2/c1-11-35(12-2,13-3)32-26-28(7)17-14-15-21(4)16-18-27(6)22(5)19-24(31-28)25-23(27)20-30-29(25,26)33-34(8,9)10/h15,22,24,26H,11-14,16-20H2,1-10H3/b21-15+/t22-,24-,26+,27-,28+,29-/m1/s1. The molecule has 0 spiro atoms. The van der Waals surface area contributed by atoms with Gasteiger partial charge in [-0.1, -0.05) is 46.3 Å². The second kappa shape index (κ2) is 9.50. The van der Waals surface area contributed by atoms with Crippen LogP contribution in [0, 0.1) is 11.3 Å². The zero-order chi connectivity index (χ0) is 25.9. The zero-order valence-electron chi connectivity index (χ0n) is 24.3. The molecule has 200 valence electrons. The van der Waals surface area contributed by atoms with Crippen LogP contribution in [0.1, 0.15) is 80.6 Å². The summed E-state index contributed by atoms with van der Waals surface area (Å²) in [6, 6.07) is 3.33. The molecule has 0 amide bonds. The average Bonchev–Trinajstić information content (AvgIpc) is 3.16. The SMILES string of the molecule is CC[Si](CC)(CC)O[C@@H]1[C@@]2(O[Si](C)(C)C)OCC3=C2[C@H]2C[C@@H](C)[C@@]3(C)CC/C(C)=C/CC[C@]1(C)O2. The number of fused-ring (bicyclic) bond motifs is 1. The summed E-state index contributed by atoms with van der Waals surface area (Å²) in [4.78, 5) is 0. The molecule has 6 atom stereocenters. The maximum absolute atomic E-state index is 7.47. The normalized spacial score (nSPS) is 41.5. The molecular weight excluding hydrogens is 468 g/mol. The van der Waals surface area contributed by atoms with Crippen molar-refractivity contribution in [3.05, 3.63) is 22.8 Å². The largest absolute Gasteiger partial charge is 0.405 e. The van der Waals surface area contributed by atoms with Crippen molar-refractivity contribution in [3.8, 4) is 0 Å². The van der Waals surface area contributed by atoms with Gasteiger partial charge in [0.25, 0.3) is 0 Å². The predicted molar refractivity (Wildman–Crippen MR) is 150 cm³/mol. The lowest BCUT2D eigenvalue weighted by molar-refractivity contribution is -0.292. The first kappa shape index (κ1) is 27.8. The Kier molecular flexibility index (Phi) is 7.54. The van der Waals surface area contributed by atoms with Crippen molar-refractivity contribution < 1.29 is 18.3 Å². The maximum atomic E-state index is 7.47. The van der Waals surface area contributed by atoms with Crippen LogP contribution in [0.25, 0.3) is 0 Å². The summed E-state index contributed by atoms with van der Waals surface area (Å²) in [5.74, 6) is -0.268. The first-order chi connectivity index (χ1) is 16.3. The van der Waals surface area contributed by atoms with Crippen LogP contribution < -0.4 is 0 Å². The summed E-state index contributed by atoms with van der Waals surface area (Å²) < 4.78 is 29.0. The molecular formula is C29H52O4Si2. The number of ether oxygens (including phenoxy) is 2. The number of hydrogen-bond donors (Lipinski definition) is 0. The lowest BCUT2D eigenvalue weighted by Crippen LogP contribution is -2.70. The van der Waals surface area contributed by atoms with Gasteiger partial charge in [-0.3, -0.25) is 0 Å². The van der Waals surface area contributed by atoms with Crippen molar-refractivity contribution in [2.24, 2.45) is 11.3 Å². The van der Waals surface area contributed by atoms with E-state index in [1.54, 1.807) is 0 Å². The van der Waals surface area contributed by atoms with E-state index in [4.69, 9.17) is 18.3 Å². The van der Waals surface area contributed by atoms with E-state index >= 15 is 0 Å². The number of allylic oxidation sites excluding steroid dienone is 2. The molecule has 0 radical (unpaired) electrons. The van der Waals surface area contributed by atoms with Gasteiger partial charge in [-0.2, -0.15) is 0 Å². The van der Waals surface area contributed by atoms with E-state index in [-0.39, 0.29) is 17.6 Å². The van der Waals surface area contributed by atoms with E-state index in [0.29, 0.717) is 12.5 Å². The summed E-state index contributed by atoms with van der Waals surface area (Å²) in [6.45, 7) is 24.0. The van der Waals surface area contributed by atoms with E-state index in [0.717, 1.165) is 50.2 Å². The Labute approximate surface area is 217 Å². The van der Waals surface area contributed by atoms with Gasteiger partial charge in [0, 0.05) is 5.57 Å². The quantitative estimate of drug-likeness (QED) is 0.252. The van der Waals surface area contributed by atoms with E-state index in [9.17, 15) is 0 Å². The Hall–Kier alpha value is -0.246. The van der Waals surface area contributed by atoms with Crippen molar-refractivity contribution in [2.75, 3.05) is 6.61 Å². The van der Waals surface area contributed by atoms with Crippen molar-refractivity contribution in [1.29, 1.82) is 0 Å². The van der Waals surface area contributed by atoms with E-state index in [1.165, 1.54) is 16.7 Å². The highest BCUT2D eigenvalue weighted by Crippen LogP contribution is 2.61. The van der Waals surface area contributed by atoms with Crippen molar-refractivity contribution in [3.63, 3.8) is 0 Å². The van der Waals surface area contributed by atoms with Crippen LogP contribution in [0.2, 0.25) is 37.8 Å². The molecule has 4 aliphatic heterocycles. The lowest BCUT2D eigenvalue weighted by atomic mass is 9.60. The molecule has 6 rings (SSSR count). The van der Waals surface area contributed by atoms with Gasteiger partial charge in [0.2, 0.25) is 5.79 Å². The van der Waals surface area contributed by atoms with E-state index in [1.807, 2.05) is 0 Å². The molecule has 2 aliphatic carbocycles. The molecule has 6 heteroatoms. The minimum Gasteiger partial charge on any atom is -0.405 e. The minimum absolute atomic E-state index is 0.0576. The molecule has 0 N–H and O–H groups in total. The molecule has 6 aliphatic rings. The Morgan fingerprint density at radius 3 is 2.31 bits per heavy atom. The topological polar surface area (TPSA) is 36.9 Å². The van der Waals surface area contributed by atoms with Gasteiger partial charge in [-0.05, 0) is 101 Å². The lowest BCUT2D eigenvalue weighted by Gasteiger charge is -2.59. The first-order valence-corrected chi connectivity index (χ1v) is 20.3. The van der Waals surface area contributed by atoms with Gasteiger partial charge in [-0.15, -0.1) is 0 Å². The minimum atomic E-state index is -1.99. The Bertz CT molecular complexity index is 864. The van der Waals surface area contributed by atoms with Crippen LogP contribution in [0.4, 0.5) is 0 Å². The third kappa shape index (κ3) is 4.63. The Morgan fingerprint density at radius 1 is 1.06 bits per heavy atom. The zero-order valence-corrected chi connectivity index (χ0v) is 26.3. The Balaban J connectivity index is 1.98. The van der Waals surface area contributed by atoms with E-state index < -0.39 is 28.0 Å². The second-order valence-electron chi connectivity index (χ2n) is 13.4. The van der Waals surface area contributed by atoms with Crippen LogP contribution in [0.5, 0.6) is 0 Å². The molecule has 0 aromatic rings. The molecule has 0 aromatic heterocycles. The molecule has 6 bridgehead atoms. The van der Waals surface area contributed by atoms with Crippen LogP contribution in [-0.2, 0) is 18.3 Å². The van der Waals surface area contributed by atoms with Crippen LogP contribution in [-0.4, -0.2) is 46.8 Å². The average molecular weight is 521 g/mol. The highest BCUT2D eigenvalue weighted by Gasteiger charge is 2.68. The van der Waals surface area contributed by atoms with Crippen LogP contribution in [0.3, 0.4) is 0 Å². The third-order valence-electron chi connectivity index (χ3n) is 10.0. The number of hydrogen-bond acceptors (Lipinski definition) is 4. The van der Waals surface area contributed by atoms with Gasteiger partial charge >= 0.3 is 0 Å². The predicted octanol–water partition coefficient (Wildman–Crippen LogP) is 7.98. The highest BCUT2D eigenvalue weighted by molar-refractivity contribution is 6.73. The van der Waals surface area contributed by atoms with Crippen molar-refractivity contribution in [2.45, 2.75) is 142 Å². The monoisotopic (exact) mass is 520 g/mol. The Morgan fingerprint density at radius 2 is 1.71 bits per heavy atom. The molecule has 0 saturated carbocycles. The molecule has 35 heavy (non-hydrogen) atoms. The van der Waals surface area contributed by atoms with Gasteiger partial charge < -0.3 is 18.3 Å². The highest BCUT2D eigenvalue weighted by atomic mass is 28.4. The molecule has 0 aromatic carbocycles. The first-order valence-electron chi connectivity index (χ1n) is 14.4. The summed E-state index contributed by atoms with van der Waals surface area (Å²) >= 11 is 0. The smallest absolute Gasteiger partial charge is 0.213 e. The van der Waals surface area contributed by atoms with Crippen molar-refractivity contribution >= 4 is 16.6 Å². The second-order valence-corrected chi connectivity index (χ2v) is 22.5. The summed E-state index contributed by atoms with van der Waals surface area (Å²) in [5, 5.41) is 0. The van der Waals surface area contributed by atoms with E-state index in [2.05, 4.69) is 74.2 Å². The van der Waals surface area contributed by atoms with Crippen molar-refractivity contribution in [1.82, 2.24) is 0 Å². The van der Waals surface area contributed by atoms with Gasteiger partial charge in [0.05, 0.1) is 18.3 Å². The fraction of sp³-hybridized carbons (Fsp3) is 0.862. The van der Waals surface area contributed by atoms with Gasteiger partial charge in [-0.25, -0.2) is 0 Å².